The van der Waals surface area contributed by atoms with Crippen molar-refractivity contribution in [2.75, 3.05) is 12.4 Å². The number of furan rings is 1. The zero-order chi connectivity index (χ0) is 20.4. The van der Waals surface area contributed by atoms with E-state index in [9.17, 15) is 9.59 Å². The molecule has 1 aromatic heterocycles. The highest BCUT2D eigenvalue weighted by atomic mass is 16.5. The number of benzene rings is 2. The second-order valence-electron chi connectivity index (χ2n) is 6.60. The highest BCUT2D eigenvalue weighted by Gasteiger charge is 2.17. The Morgan fingerprint density at radius 1 is 1.18 bits per heavy atom. The Hall–Kier alpha value is -3.54. The summed E-state index contributed by atoms with van der Waals surface area (Å²) in [5.41, 5.74) is 10.2. The van der Waals surface area contributed by atoms with Gasteiger partial charge in [0, 0.05) is 22.6 Å². The molecule has 6 nitrogen and oxygen atoms in total. The Morgan fingerprint density at radius 3 is 2.57 bits per heavy atom. The van der Waals surface area contributed by atoms with Gasteiger partial charge in [-0.2, -0.15) is 0 Å². The number of allylic oxidation sites excluding steroid dienone is 1. The minimum absolute atomic E-state index is 0.255. The van der Waals surface area contributed by atoms with Crippen LogP contribution in [-0.2, 0) is 4.79 Å². The van der Waals surface area contributed by atoms with E-state index in [2.05, 4.69) is 5.32 Å². The van der Waals surface area contributed by atoms with Crippen molar-refractivity contribution < 1.29 is 18.7 Å². The van der Waals surface area contributed by atoms with Gasteiger partial charge in [-0.15, -0.1) is 0 Å². The number of amides is 2. The van der Waals surface area contributed by atoms with E-state index in [-0.39, 0.29) is 11.5 Å². The van der Waals surface area contributed by atoms with Crippen molar-refractivity contribution in [3.63, 3.8) is 0 Å². The molecule has 0 atom stereocenters. The van der Waals surface area contributed by atoms with Crippen molar-refractivity contribution in [2.45, 2.75) is 20.8 Å². The van der Waals surface area contributed by atoms with Crippen LogP contribution in [0.4, 0.5) is 5.69 Å². The molecule has 144 valence electrons. The number of carbonyl (C=O) groups excluding carboxylic acids is 2. The van der Waals surface area contributed by atoms with E-state index in [1.165, 1.54) is 6.08 Å². The van der Waals surface area contributed by atoms with E-state index in [1.54, 1.807) is 37.6 Å². The molecule has 6 heteroatoms. The summed E-state index contributed by atoms with van der Waals surface area (Å²) in [5.74, 6) is -0.314. The van der Waals surface area contributed by atoms with Crippen LogP contribution in [-0.4, -0.2) is 18.9 Å². The number of rotatable bonds is 5. The van der Waals surface area contributed by atoms with Crippen LogP contribution in [0.25, 0.3) is 16.5 Å². The Balaban J connectivity index is 1.98. The molecule has 0 spiro atoms. The van der Waals surface area contributed by atoms with Gasteiger partial charge in [0.25, 0.3) is 5.91 Å². The van der Waals surface area contributed by atoms with Crippen molar-refractivity contribution in [1.82, 2.24) is 0 Å². The molecule has 3 rings (SSSR count). The maximum atomic E-state index is 12.5. The van der Waals surface area contributed by atoms with E-state index >= 15 is 0 Å². The average molecular weight is 378 g/mol. The van der Waals surface area contributed by atoms with E-state index in [1.807, 2.05) is 26.8 Å². The Bertz CT molecular complexity index is 1110. The predicted molar refractivity (Wildman–Crippen MR) is 109 cm³/mol. The number of para-hydroxylation sites is 1. The summed E-state index contributed by atoms with van der Waals surface area (Å²) >= 11 is 0. The summed E-state index contributed by atoms with van der Waals surface area (Å²) < 4.78 is 11.2. The van der Waals surface area contributed by atoms with E-state index in [0.29, 0.717) is 11.4 Å². The van der Waals surface area contributed by atoms with Crippen LogP contribution in [0, 0.1) is 13.8 Å². The number of hydrogen-bond acceptors (Lipinski definition) is 4. The fraction of sp³-hybridized carbons (Fsp3) is 0.182. The number of aryl methyl sites for hydroxylation is 2. The lowest BCUT2D eigenvalue weighted by Gasteiger charge is -2.13. The monoisotopic (exact) mass is 378 g/mol. The third kappa shape index (κ3) is 3.49. The summed E-state index contributed by atoms with van der Waals surface area (Å²) in [4.78, 5) is 24.1. The molecule has 2 amide bonds. The summed E-state index contributed by atoms with van der Waals surface area (Å²) in [6.07, 6.45) is 3.17. The van der Waals surface area contributed by atoms with Crippen LogP contribution in [0.2, 0.25) is 0 Å². The smallest absolute Gasteiger partial charge is 0.250 e. The molecule has 0 aliphatic carbocycles. The zero-order valence-electron chi connectivity index (χ0n) is 16.3. The van der Waals surface area contributed by atoms with Gasteiger partial charge in [-0.1, -0.05) is 12.1 Å². The van der Waals surface area contributed by atoms with E-state index < -0.39 is 5.91 Å². The van der Waals surface area contributed by atoms with Crippen molar-refractivity contribution >= 4 is 34.0 Å². The van der Waals surface area contributed by atoms with Gasteiger partial charge in [0.1, 0.15) is 11.3 Å². The van der Waals surface area contributed by atoms with Crippen LogP contribution < -0.4 is 15.8 Å². The minimum Gasteiger partial charge on any atom is -0.496 e. The molecule has 3 N–H and O–H groups in total. The third-order valence-corrected chi connectivity index (χ3v) is 4.66. The van der Waals surface area contributed by atoms with Crippen LogP contribution in [0.5, 0.6) is 5.75 Å². The molecule has 0 aliphatic heterocycles. The first-order valence-electron chi connectivity index (χ1n) is 8.77. The first kappa shape index (κ1) is 19.2. The summed E-state index contributed by atoms with van der Waals surface area (Å²) in [7, 11) is 1.59. The molecule has 2 aromatic carbocycles. The van der Waals surface area contributed by atoms with Crippen LogP contribution in [0.3, 0.4) is 0 Å². The van der Waals surface area contributed by atoms with Crippen LogP contribution in [0.1, 0.15) is 34.0 Å². The third-order valence-electron chi connectivity index (χ3n) is 4.66. The van der Waals surface area contributed by atoms with Crippen molar-refractivity contribution in [1.29, 1.82) is 0 Å². The molecule has 0 saturated carbocycles. The van der Waals surface area contributed by atoms with E-state index in [0.717, 1.165) is 33.2 Å². The summed E-state index contributed by atoms with van der Waals surface area (Å²) in [5, 5.41) is 3.69. The number of ether oxygens (including phenoxy) is 1. The first-order valence-corrected chi connectivity index (χ1v) is 8.77. The Labute approximate surface area is 163 Å². The lowest BCUT2D eigenvalue weighted by atomic mass is 9.98. The number of nitrogens with two attached hydrogens (primary N) is 1. The van der Waals surface area contributed by atoms with Gasteiger partial charge in [0.05, 0.1) is 24.6 Å². The maximum Gasteiger partial charge on any atom is 0.250 e. The number of methoxy groups -OCH3 is 1. The van der Waals surface area contributed by atoms with Crippen molar-refractivity contribution in [3.05, 3.63) is 64.9 Å². The number of hydrogen-bond donors (Lipinski definition) is 2. The number of fused-ring (bicyclic) bond motifs is 1. The molecule has 0 bridgehead atoms. The minimum atomic E-state index is -0.602. The van der Waals surface area contributed by atoms with Crippen molar-refractivity contribution in [3.8, 4) is 5.75 Å². The standard InChI is InChI=1S/C22H22N2O4/c1-12(9-19(25)24-18-8-6-5-7-15(18)22(23)26)16-10-17-13(2)11-28-21(17)14(3)20(16)27-4/h5-11H,1-4H3,(H2,23,26)(H,24,25)/b12-9+. The first-order chi connectivity index (χ1) is 13.3. The van der Waals surface area contributed by atoms with Gasteiger partial charge < -0.3 is 20.2 Å². The SMILES string of the molecule is COc1c(/C(C)=C/C(=O)Nc2ccccc2C(N)=O)cc2c(C)coc2c1C. The number of primary amides is 1. The number of nitrogens with one attached hydrogen (secondary N) is 1. The quantitative estimate of drug-likeness (QED) is 0.651. The molecule has 0 radical (unpaired) electrons. The highest BCUT2D eigenvalue weighted by molar-refractivity contribution is 6.08. The lowest BCUT2D eigenvalue weighted by molar-refractivity contribution is -0.111. The molecule has 0 unspecified atom stereocenters. The van der Waals surface area contributed by atoms with Gasteiger partial charge >= 0.3 is 0 Å². The molecule has 0 saturated heterocycles. The molecule has 3 aromatic rings. The second kappa shape index (κ2) is 7.60. The average Bonchev–Trinajstić information content (AvgIpc) is 3.03. The number of carbonyl (C=O) groups is 2. The van der Waals surface area contributed by atoms with Gasteiger partial charge in [0.15, 0.2) is 0 Å². The fourth-order valence-electron chi connectivity index (χ4n) is 3.24. The Kier molecular flexibility index (Phi) is 5.22. The fourth-order valence-corrected chi connectivity index (χ4v) is 3.24. The molecular formula is C22H22N2O4. The topological polar surface area (TPSA) is 94.6 Å². The molecular weight excluding hydrogens is 356 g/mol. The highest BCUT2D eigenvalue weighted by Crippen LogP contribution is 2.37. The van der Waals surface area contributed by atoms with E-state index in [4.69, 9.17) is 14.9 Å². The maximum absolute atomic E-state index is 12.5. The van der Waals surface area contributed by atoms with Crippen molar-refractivity contribution in [2.24, 2.45) is 5.73 Å². The molecule has 28 heavy (non-hydrogen) atoms. The normalized spacial score (nSPS) is 11.5. The lowest BCUT2D eigenvalue weighted by Crippen LogP contribution is -2.17. The van der Waals surface area contributed by atoms with Gasteiger partial charge in [0.2, 0.25) is 5.91 Å². The molecule has 1 heterocycles. The summed E-state index contributed by atoms with van der Waals surface area (Å²) in [6.45, 7) is 5.72. The van der Waals surface area contributed by atoms with Gasteiger partial charge in [-0.25, -0.2) is 0 Å². The van der Waals surface area contributed by atoms with Gasteiger partial charge in [-0.3, -0.25) is 9.59 Å². The Morgan fingerprint density at radius 2 is 1.89 bits per heavy atom. The van der Waals surface area contributed by atoms with Crippen LogP contribution >= 0.6 is 0 Å². The molecule has 0 aliphatic rings. The summed E-state index contributed by atoms with van der Waals surface area (Å²) in [6, 6.07) is 8.56. The predicted octanol–water partition coefficient (Wildman–Crippen LogP) is 4.20. The number of anilines is 1. The van der Waals surface area contributed by atoms with Crippen LogP contribution in [0.15, 0.2) is 47.1 Å². The molecule has 0 fully saturated rings. The second-order valence-corrected chi connectivity index (χ2v) is 6.60. The largest absolute Gasteiger partial charge is 0.496 e. The zero-order valence-corrected chi connectivity index (χ0v) is 16.3. The van der Waals surface area contributed by atoms with Gasteiger partial charge in [-0.05, 0) is 50.1 Å².